The fourth-order valence-corrected chi connectivity index (χ4v) is 12.0. The fourth-order valence-electron chi connectivity index (χ4n) is 12.0. The summed E-state index contributed by atoms with van der Waals surface area (Å²) in [6.45, 7) is 25.5. The lowest BCUT2D eigenvalue weighted by atomic mass is 10.0. The van der Waals surface area contributed by atoms with Crippen LogP contribution < -0.4 is 32.3 Å². The van der Waals surface area contributed by atoms with Crippen molar-refractivity contribution in [3.63, 3.8) is 0 Å². The number of nitrogens with zero attached hydrogens (tertiary/aromatic N) is 10. The molecule has 95 heavy (non-hydrogen) atoms. The van der Waals surface area contributed by atoms with Crippen LogP contribution in [0.25, 0.3) is 43.6 Å². The Morgan fingerprint density at radius 3 is 1.01 bits per heavy atom. The lowest BCUT2D eigenvalue weighted by Crippen LogP contribution is -2.28. The van der Waals surface area contributed by atoms with E-state index in [0.717, 1.165) is 198 Å². The van der Waals surface area contributed by atoms with Gasteiger partial charge in [0.15, 0.2) is 0 Å². The Balaban J connectivity index is 0.000000201. The van der Waals surface area contributed by atoms with Crippen molar-refractivity contribution in [2.24, 2.45) is 5.73 Å². The molecule has 4 amide bonds. The topological polar surface area (TPSA) is 225 Å². The lowest BCUT2D eigenvalue weighted by Gasteiger charge is -2.20. The summed E-state index contributed by atoms with van der Waals surface area (Å²) in [5.74, 6) is -0.498. The molecule has 20 heteroatoms. The van der Waals surface area contributed by atoms with Gasteiger partial charge < -0.3 is 61.7 Å². The minimum Gasteiger partial charge on any atom is -0.384 e. The lowest BCUT2D eigenvalue weighted by molar-refractivity contribution is 0.0791. The highest BCUT2D eigenvalue weighted by Crippen LogP contribution is 2.34. The number of hydrogen-bond acceptors (Lipinski definition) is 16. The van der Waals surface area contributed by atoms with Gasteiger partial charge >= 0.3 is 0 Å². The molecule has 0 unspecified atom stereocenters. The predicted molar refractivity (Wildman–Crippen MR) is 397 cm³/mol. The number of carbonyl (C=O) groups is 4. The van der Waals surface area contributed by atoms with Gasteiger partial charge in [-0.15, -0.1) is 0 Å². The molecule has 20 nitrogen and oxygen atoms in total. The molecular weight excluding hydrogens is 1190 g/mol. The van der Waals surface area contributed by atoms with Gasteiger partial charge in [-0.3, -0.25) is 39.1 Å². The Labute approximate surface area is 565 Å². The number of benzene rings is 4. The van der Waals surface area contributed by atoms with Crippen LogP contribution in [0.4, 0.5) is 22.7 Å². The maximum atomic E-state index is 13.1. The number of nitrogens with two attached hydrogens (primary N) is 1. The van der Waals surface area contributed by atoms with E-state index in [0.29, 0.717) is 22.3 Å². The number of fused-ring (bicyclic) bond motifs is 4. The molecule has 1 saturated heterocycles. The number of aryl methyl sites for hydroxylation is 8. The summed E-state index contributed by atoms with van der Waals surface area (Å²) in [4.78, 5) is 79.8. The highest BCUT2D eigenvalue weighted by atomic mass is 16.2. The number of hydrogen-bond donors (Lipinski definition) is 6. The van der Waals surface area contributed by atoms with Crippen molar-refractivity contribution in [1.29, 1.82) is 0 Å². The van der Waals surface area contributed by atoms with E-state index in [4.69, 9.17) is 5.73 Å². The summed E-state index contributed by atoms with van der Waals surface area (Å²) in [6, 6.07) is 16.9. The number of aromatic nitrogens is 4. The van der Waals surface area contributed by atoms with E-state index in [-0.39, 0.29) is 17.7 Å². The quantitative estimate of drug-likeness (QED) is 0.0309. The average Bonchev–Trinajstić information content (AvgIpc) is 1.10. The maximum absolute atomic E-state index is 13.1. The minimum absolute atomic E-state index is 0.0290. The molecule has 9 rings (SSSR count). The number of carbonyl (C=O) groups excluding carboxylic acids is 4. The molecule has 512 valence electrons. The average molecular weight is 1300 g/mol. The van der Waals surface area contributed by atoms with Gasteiger partial charge in [-0.25, -0.2) is 0 Å². The van der Waals surface area contributed by atoms with Gasteiger partial charge in [-0.05, 0) is 223 Å². The Morgan fingerprint density at radius 1 is 0.421 bits per heavy atom. The summed E-state index contributed by atoms with van der Waals surface area (Å²) in [5.41, 5.74) is 24.3. The Morgan fingerprint density at radius 2 is 0.705 bits per heavy atom. The molecule has 8 aromatic rings. The molecule has 7 N–H and O–H groups in total. The highest BCUT2D eigenvalue weighted by Gasteiger charge is 2.25. The van der Waals surface area contributed by atoms with Gasteiger partial charge in [-0.1, -0.05) is 46.5 Å². The first-order chi connectivity index (χ1) is 45.1. The van der Waals surface area contributed by atoms with Gasteiger partial charge in [0.2, 0.25) is 0 Å². The van der Waals surface area contributed by atoms with Crippen molar-refractivity contribution in [3.8, 4) is 0 Å². The fraction of sp³-hybridized carbons (Fsp3) is 0.467. The molecule has 0 radical (unpaired) electrons. The Hall–Kier alpha value is -8.56. The molecule has 0 bridgehead atoms. The number of rotatable bonds is 24. The van der Waals surface area contributed by atoms with E-state index in [2.05, 4.69) is 198 Å². The van der Waals surface area contributed by atoms with Crippen LogP contribution in [0, 0.1) is 55.4 Å². The summed E-state index contributed by atoms with van der Waals surface area (Å²) in [5, 5.41) is 20.6. The van der Waals surface area contributed by atoms with Crippen molar-refractivity contribution in [2.75, 3.05) is 164 Å². The van der Waals surface area contributed by atoms with Crippen LogP contribution in [-0.2, 0) is 0 Å². The summed E-state index contributed by atoms with van der Waals surface area (Å²) < 4.78 is 0. The minimum atomic E-state index is -0.455. The second-order valence-corrected chi connectivity index (χ2v) is 26.6. The summed E-state index contributed by atoms with van der Waals surface area (Å²) >= 11 is 0. The molecule has 0 aliphatic carbocycles. The van der Waals surface area contributed by atoms with E-state index in [1.165, 1.54) is 16.7 Å². The van der Waals surface area contributed by atoms with Crippen molar-refractivity contribution >= 4 is 90.0 Å². The smallest absolute Gasteiger partial charge is 0.257 e. The first-order valence-corrected chi connectivity index (χ1v) is 33.3. The molecule has 1 aliphatic rings. The third-order valence-electron chi connectivity index (χ3n) is 16.6. The molecule has 4 aromatic heterocycles. The third kappa shape index (κ3) is 21.0. The number of amides is 4. The van der Waals surface area contributed by atoms with Crippen LogP contribution >= 0.6 is 0 Å². The van der Waals surface area contributed by atoms with Crippen LogP contribution in [-0.4, -0.2) is 216 Å². The zero-order chi connectivity index (χ0) is 69.8. The molecule has 1 fully saturated rings. The van der Waals surface area contributed by atoms with Crippen LogP contribution in [0.1, 0.15) is 124 Å². The molecule has 0 spiro atoms. The van der Waals surface area contributed by atoms with Gasteiger partial charge in [0.05, 0.1) is 67.1 Å². The first-order valence-electron chi connectivity index (χ1n) is 33.3. The zero-order valence-corrected chi connectivity index (χ0v) is 60.4. The number of likely N-dealkylation sites (tertiary alicyclic amines) is 1. The summed E-state index contributed by atoms with van der Waals surface area (Å²) in [6.07, 6.45) is 12.9. The number of nitrogens with one attached hydrogen (secondary N) is 5. The highest BCUT2D eigenvalue weighted by molar-refractivity contribution is 6.10. The van der Waals surface area contributed by atoms with Crippen LogP contribution in [0.5, 0.6) is 0 Å². The predicted octanol–water partition coefficient (Wildman–Crippen LogP) is 11.3. The molecule has 1 aliphatic heterocycles. The van der Waals surface area contributed by atoms with E-state index < -0.39 is 5.91 Å². The van der Waals surface area contributed by atoms with E-state index in [1.807, 2.05) is 32.8 Å². The van der Waals surface area contributed by atoms with Crippen molar-refractivity contribution in [3.05, 3.63) is 140 Å². The number of anilines is 4. The SMILES string of the molecule is CNC(=O)c1cnc2c(C)cc(C)cc2c1NCCCN(C)C.Cc1cc(C)c2ncc(C(=O)N(C)C)c(NCCCN(C)C)c2c1.Cc1cc(C)c2ncc(C(=O)N3CCCC3)c(NCCCN(C)C)c2c1.Cc1cc(C)c2ncc(C(N)=O)c(NCCCN(C)C)c2c1. The molecule has 4 aromatic carbocycles. The monoisotopic (exact) mass is 1300 g/mol. The van der Waals surface area contributed by atoms with Gasteiger partial charge in [0.1, 0.15) is 0 Å². The van der Waals surface area contributed by atoms with Crippen LogP contribution in [0.15, 0.2) is 73.3 Å². The molecule has 0 atom stereocenters. The molecule has 5 heterocycles. The second-order valence-electron chi connectivity index (χ2n) is 26.6. The Kier molecular flexibility index (Phi) is 28.4. The van der Waals surface area contributed by atoms with Gasteiger partial charge in [0, 0.05) is 107 Å². The normalized spacial score (nSPS) is 12.0. The first kappa shape index (κ1) is 75.5. The van der Waals surface area contributed by atoms with Crippen LogP contribution in [0.3, 0.4) is 0 Å². The van der Waals surface area contributed by atoms with Crippen LogP contribution in [0.2, 0.25) is 0 Å². The van der Waals surface area contributed by atoms with E-state index in [9.17, 15) is 19.2 Å². The van der Waals surface area contributed by atoms with Crippen molar-refractivity contribution in [2.45, 2.75) is 93.9 Å². The Bertz CT molecular complexity index is 3950. The maximum Gasteiger partial charge on any atom is 0.257 e. The standard InChI is InChI=1S/C21H30N4O.C19H28N4O.C18H26N4O.C17H24N4O/c1-15-12-16(2)19-17(13-15)20(22-8-7-9-24(3)4)18(14-23-19)21(26)25-10-5-6-11-25;1-13-10-14(2)17-15(11-13)18(20-8-7-9-22(3)4)16(12-21-17)19(24)23(5)6;1-12-9-13(2)16-14(10-12)17(20-7-6-8-22(4)5)15(11-21-16)18(23)19-3;1-11-8-12(2)15-13(9-11)16(14(10-20-15)17(18)22)19-6-5-7-21(3)4/h12-14H,5-11H2,1-4H3,(H,22,23);10-12H,7-9H2,1-6H3,(H,20,21);9-11H,6-8H2,1-5H3,(H,19,23)(H,20,21);8-10H,5-7H2,1-4H3,(H2,18,22)(H,19,20). The molecular formula is C75H108N16O4. The largest absolute Gasteiger partial charge is 0.384 e. The third-order valence-corrected chi connectivity index (χ3v) is 16.6. The second kappa shape index (κ2) is 35.8. The summed E-state index contributed by atoms with van der Waals surface area (Å²) in [7, 11) is 21.7. The number of pyridine rings is 4. The van der Waals surface area contributed by atoms with E-state index >= 15 is 0 Å². The van der Waals surface area contributed by atoms with Gasteiger partial charge in [0.25, 0.3) is 23.6 Å². The molecule has 0 saturated carbocycles. The van der Waals surface area contributed by atoms with Crippen molar-refractivity contribution < 1.29 is 19.2 Å². The zero-order valence-electron chi connectivity index (χ0n) is 60.4. The van der Waals surface area contributed by atoms with Gasteiger partial charge in [-0.2, -0.15) is 0 Å². The van der Waals surface area contributed by atoms with E-state index in [1.54, 1.807) is 50.8 Å². The number of primary amides is 1. The van der Waals surface area contributed by atoms with Crippen molar-refractivity contribution in [1.82, 2.24) is 54.7 Å².